The summed E-state index contributed by atoms with van der Waals surface area (Å²) in [6.45, 7) is 1.47. The molecule has 3 rings (SSSR count). The van der Waals surface area contributed by atoms with Gasteiger partial charge in [0.05, 0.1) is 6.67 Å². The molecule has 0 saturated carbocycles. The maximum absolute atomic E-state index is 13.4. The highest BCUT2D eigenvalue weighted by Crippen LogP contribution is 2.35. The molecule has 1 aromatic rings. The first-order chi connectivity index (χ1) is 9.54. The van der Waals surface area contributed by atoms with Gasteiger partial charge in [0.2, 0.25) is 5.91 Å². The summed E-state index contributed by atoms with van der Waals surface area (Å²) in [4.78, 5) is 13.8. The van der Waals surface area contributed by atoms with Gasteiger partial charge in [0.1, 0.15) is 5.54 Å². The Bertz CT molecular complexity index is 535. The van der Waals surface area contributed by atoms with E-state index in [0.717, 1.165) is 12.1 Å². The van der Waals surface area contributed by atoms with Crippen LogP contribution < -0.4 is 15.5 Å². The first-order valence-electron chi connectivity index (χ1n) is 6.46. The maximum Gasteiger partial charge on any atom is 0.247 e. The number of halogens is 3. The molecule has 0 aromatic heterocycles. The zero-order valence-electron chi connectivity index (χ0n) is 10.7. The number of nitrogens with zero attached hydrogens (tertiary/aromatic N) is 1. The summed E-state index contributed by atoms with van der Waals surface area (Å²) in [5, 5.41) is 5.85. The van der Waals surface area contributed by atoms with Crippen molar-refractivity contribution in [1.82, 2.24) is 10.6 Å². The van der Waals surface area contributed by atoms with E-state index in [1.807, 2.05) is 0 Å². The van der Waals surface area contributed by atoms with Crippen molar-refractivity contribution in [3.05, 3.63) is 29.6 Å². The molecule has 0 bridgehead atoms. The summed E-state index contributed by atoms with van der Waals surface area (Å²) in [5.41, 5.74) is -0.622. The second kappa shape index (κ2) is 4.66. The number of rotatable bonds is 1. The van der Waals surface area contributed by atoms with Crippen LogP contribution in [0.4, 0.5) is 18.9 Å². The van der Waals surface area contributed by atoms with E-state index >= 15 is 0 Å². The lowest BCUT2D eigenvalue weighted by atomic mass is 9.86. The van der Waals surface area contributed by atoms with Gasteiger partial charge in [0.25, 0.3) is 0 Å². The number of amides is 1. The van der Waals surface area contributed by atoms with Crippen molar-refractivity contribution >= 4 is 11.6 Å². The van der Waals surface area contributed by atoms with Gasteiger partial charge in [-0.05, 0) is 25.9 Å². The second-order valence-electron chi connectivity index (χ2n) is 5.10. The number of carbonyl (C=O) groups excluding carboxylic acids is 1. The monoisotopic (exact) mass is 285 g/mol. The van der Waals surface area contributed by atoms with Crippen LogP contribution in [0.2, 0.25) is 0 Å². The van der Waals surface area contributed by atoms with Crippen LogP contribution >= 0.6 is 0 Å². The SMILES string of the molecule is O=C1NCN(c2cc(F)c(F)c(F)c2)C12CCNCC2. The number of hydrogen-bond donors (Lipinski definition) is 2. The summed E-state index contributed by atoms with van der Waals surface area (Å²) in [7, 11) is 0. The molecule has 2 fully saturated rings. The third-order valence-electron chi connectivity index (χ3n) is 4.05. The van der Waals surface area contributed by atoms with Crippen molar-refractivity contribution < 1.29 is 18.0 Å². The van der Waals surface area contributed by atoms with Crippen molar-refractivity contribution in [2.75, 3.05) is 24.7 Å². The number of benzene rings is 1. The van der Waals surface area contributed by atoms with Crippen molar-refractivity contribution in [3.8, 4) is 0 Å². The molecular weight excluding hydrogens is 271 g/mol. The van der Waals surface area contributed by atoms with Crippen LogP contribution in [0, 0.1) is 17.5 Å². The summed E-state index contributed by atoms with van der Waals surface area (Å²) >= 11 is 0. The Hall–Kier alpha value is -1.76. The molecule has 1 aromatic carbocycles. The Morgan fingerprint density at radius 1 is 1.10 bits per heavy atom. The Kier molecular flexibility index (Phi) is 3.08. The predicted molar refractivity (Wildman–Crippen MR) is 66.6 cm³/mol. The molecule has 2 N–H and O–H groups in total. The normalized spacial score (nSPS) is 21.4. The van der Waals surface area contributed by atoms with Gasteiger partial charge in [-0.15, -0.1) is 0 Å². The van der Waals surface area contributed by atoms with E-state index in [9.17, 15) is 18.0 Å². The Labute approximate surface area is 113 Å². The largest absolute Gasteiger partial charge is 0.339 e. The average Bonchev–Trinajstić information content (AvgIpc) is 2.74. The fourth-order valence-corrected chi connectivity index (χ4v) is 2.96. The minimum absolute atomic E-state index is 0.149. The van der Waals surface area contributed by atoms with Crippen LogP contribution in [-0.2, 0) is 4.79 Å². The molecule has 0 unspecified atom stereocenters. The minimum Gasteiger partial charge on any atom is -0.339 e. The third kappa shape index (κ3) is 1.84. The summed E-state index contributed by atoms with van der Waals surface area (Å²) < 4.78 is 39.8. The van der Waals surface area contributed by atoms with Gasteiger partial charge in [-0.2, -0.15) is 0 Å². The van der Waals surface area contributed by atoms with Gasteiger partial charge in [0, 0.05) is 17.8 Å². The molecule has 108 valence electrons. The van der Waals surface area contributed by atoms with Gasteiger partial charge in [-0.3, -0.25) is 4.79 Å². The number of hydrogen-bond acceptors (Lipinski definition) is 3. The summed E-state index contributed by atoms with van der Waals surface area (Å²) in [6.07, 6.45) is 1.08. The van der Waals surface area contributed by atoms with Gasteiger partial charge < -0.3 is 15.5 Å². The van der Waals surface area contributed by atoms with E-state index in [1.165, 1.54) is 0 Å². The molecular formula is C13H14F3N3O. The van der Waals surface area contributed by atoms with Crippen LogP contribution in [0.15, 0.2) is 12.1 Å². The molecule has 4 nitrogen and oxygen atoms in total. The van der Waals surface area contributed by atoms with Crippen molar-refractivity contribution in [2.45, 2.75) is 18.4 Å². The van der Waals surface area contributed by atoms with E-state index in [4.69, 9.17) is 0 Å². The maximum atomic E-state index is 13.4. The molecule has 2 aliphatic rings. The van der Waals surface area contributed by atoms with Crippen LogP contribution in [0.25, 0.3) is 0 Å². The van der Waals surface area contributed by atoms with Crippen molar-refractivity contribution in [2.24, 2.45) is 0 Å². The molecule has 1 spiro atoms. The lowest BCUT2D eigenvalue weighted by Gasteiger charge is -2.40. The van der Waals surface area contributed by atoms with Crippen molar-refractivity contribution in [1.29, 1.82) is 0 Å². The Morgan fingerprint density at radius 2 is 1.70 bits per heavy atom. The van der Waals surface area contributed by atoms with Crippen molar-refractivity contribution in [3.63, 3.8) is 0 Å². The highest BCUT2D eigenvalue weighted by atomic mass is 19.2. The third-order valence-corrected chi connectivity index (χ3v) is 4.05. The van der Waals surface area contributed by atoms with Crippen LogP contribution in [0.3, 0.4) is 0 Å². The van der Waals surface area contributed by atoms with Gasteiger partial charge in [0.15, 0.2) is 17.5 Å². The quantitative estimate of drug-likeness (QED) is 0.760. The number of carbonyl (C=O) groups is 1. The van der Waals surface area contributed by atoms with Gasteiger partial charge in [-0.1, -0.05) is 0 Å². The minimum atomic E-state index is -1.49. The number of piperidine rings is 1. The fraction of sp³-hybridized carbons (Fsp3) is 0.462. The number of anilines is 1. The highest BCUT2D eigenvalue weighted by molar-refractivity contribution is 5.93. The molecule has 2 aliphatic heterocycles. The first kappa shape index (κ1) is 13.2. The molecule has 7 heteroatoms. The zero-order chi connectivity index (χ0) is 14.3. The lowest BCUT2D eigenvalue weighted by molar-refractivity contribution is -0.124. The topological polar surface area (TPSA) is 44.4 Å². The molecule has 0 atom stereocenters. The highest BCUT2D eigenvalue weighted by Gasteiger charge is 2.49. The molecule has 1 amide bonds. The summed E-state index contributed by atoms with van der Waals surface area (Å²) in [6, 6.07) is 1.87. The average molecular weight is 285 g/mol. The molecule has 0 radical (unpaired) electrons. The van der Waals surface area contributed by atoms with E-state index in [0.29, 0.717) is 25.9 Å². The van der Waals surface area contributed by atoms with Crippen LogP contribution in [0.5, 0.6) is 0 Å². The first-order valence-corrected chi connectivity index (χ1v) is 6.46. The predicted octanol–water partition coefficient (Wildman–Crippen LogP) is 1.12. The van der Waals surface area contributed by atoms with E-state index in [1.54, 1.807) is 4.90 Å². The number of nitrogens with one attached hydrogen (secondary N) is 2. The standard InChI is InChI=1S/C13H14F3N3O/c14-9-5-8(6-10(15)11(9)16)19-7-18-12(20)13(19)1-3-17-4-2-13/h5-6,17H,1-4,7H2,(H,18,20). The van der Waals surface area contributed by atoms with E-state index in [-0.39, 0.29) is 18.3 Å². The van der Waals surface area contributed by atoms with E-state index < -0.39 is 23.0 Å². The summed E-state index contributed by atoms with van der Waals surface area (Å²) in [5.74, 6) is -4.14. The molecule has 2 heterocycles. The second-order valence-corrected chi connectivity index (χ2v) is 5.10. The molecule has 20 heavy (non-hydrogen) atoms. The van der Waals surface area contributed by atoms with Crippen LogP contribution in [-0.4, -0.2) is 31.2 Å². The fourth-order valence-electron chi connectivity index (χ4n) is 2.96. The smallest absolute Gasteiger partial charge is 0.247 e. The lowest BCUT2D eigenvalue weighted by Crippen LogP contribution is -2.55. The molecule has 2 saturated heterocycles. The Balaban J connectivity index is 2.02. The van der Waals surface area contributed by atoms with Gasteiger partial charge in [-0.25, -0.2) is 13.2 Å². The zero-order valence-corrected chi connectivity index (χ0v) is 10.7. The Morgan fingerprint density at radius 3 is 2.30 bits per heavy atom. The van der Waals surface area contributed by atoms with E-state index in [2.05, 4.69) is 10.6 Å². The van der Waals surface area contributed by atoms with Gasteiger partial charge >= 0.3 is 0 Å². The molecule has 0 aliphatic carbocycles. The van der Waals surface area contributed by atoms with Crippen LogP contribution in [0.1, 0.15) is 12.8 Å².